The van der Waals surface area contributed by atoms with Crippen LogP contribution in [0.5, 0.6) is 0 Å². The van der Waals surface area contributed by atoms with Crippen molar-refractivity contribution in [2.45, 2.75) is 38.0 Å². The number of aromatic nitrogens is 3. The van der Waals surface area contributed by atoms with Crippen LogP contribution >= 0.6 is 0 Å². The van der Waals surface area contributed by atoms with E-state index >= 15 is 0 Å². The number of ether oxygens (including phenoxy) is 1. The van der Waals surface area contributed by atoms with Gasteiger partial charge in [0.2, 0.25) is 5.89 Å². The van der Waals surface area contributed by atoms with Gasteiger partial charge in [0.15, 0.2) is 5.82 Å². The van der Waals surface area contributed by atoms with Crippen molar-refractivity contribution in [2.75, 3.05) is 26.3 Å². The molecule has 0 aromatic carbocycles. The molecule has 2 fully saturated rings. The third-order valence-electron chi connectivity index (χ3n) is 5.57. The summed E-state index contributed by atoms with van der Waals surface area (Å²) in [5.41, 5.74) is 0.755. The quantitative estimate of drug-likeness (QED) is 0.820. The number of nitrogens with zero attached hydrogens (tertiary/aromatic N) is 4. The van der Waals surface area contributed by atoms with Crippen molar-refractivity contribution in [2.24, 2.45) is 13.0 Å². The van der Waals surface area contributed by atoms with Gasteiger partial charge in [-0.25, -0.2) is 0 Å². The minimum Gasteiger partial charge on any atom is -0.381 e. The van der Waals surface area contributed by atoms with Crippen LogP contribution in [0.1, 0.15) is 53.8 Å². The van der Waals surface area contributed by atoms with Crippen LogP contribution in [0.3, 0.4) is 0 Å². The standard InChI is InChI=1S/C19H26N4O3/c1-22-9-2-3-16(22)19(24)23-10-6-14(13-23)4-5-17-20-18(26-21-17)15-7-11-25-12-8-15/h2-3,9,14-15H,4-8,10-13H2,1H3. The van der Waals surface area contributed by atoms with E-state index in [1.54, 1.807) is 0 Å². The first kappa shape index (κ1) is 17.3. The van der Waals surface area contributed by atoms with Crippen LogP contribution in [-0.4, -0.2) is 51.8 Å². The number of hydrogen-bond donors (Lipinski definition) is 0. The Morgan fingerprint density at radius 1 is 1.31 bits per heavy atom. The van der Waals surface area contributed by atoms with Gasteiger partial charge in [0.25, 0.3) is 5.91 Å². The van der Waals surface area contributed by atoms with Crippen molar-refractivity contribution in [1.82, 2.24) is 19.6 Å². The third-order valence-corrected chi connectivity index (χ3v) is 5.57. The topological polar surface area (TPSA) is 73.4 Å². The van der Waals surface area contributed by atoms with Gasteiger partial charge >= 0.3 is 0 Å². The fraction of sp³-hybridized carbons (Fsp3) is 0.632. The Morgan fingerprint density at radius 3 is 2.92 bits per heavy atom. The Hall–Kier alpha value is -2.15. The molecule has 2 aromatic heterocycles. The summed E-state index contributed by atoms with van der Waals surface area (Å²) in [5, 5.41) is 4.15. The van der Waals surface area contributed by atoms with E-state index in [0.29, 0.717) is 11.8 Å². The zero-order chi connectivity index (χ0) is 17.9. The van der Waals surface area contributed by atoms with Gasteiger partial charge < -0.3 is 18.7 Å². The first-order valence-corrected chi connectivity index (χ1v) is 9.51. The fourth-order valence-electron chi connectivity index (χ4n) is 3.91. The van der Waals surface area contributed by atoms with Crippen molar-refractivity contribution in [3.63, 3.8) is 0 Å². The van der Waals surface area contributed by atoms with Gasteiger partial charge in [-0.3, -0.25) is 4.79 Å². The van der Waals surface area contributed by atoms with Crippen LogP contribution in [0.15, 0.2) is 22.9 Å². The lowest BCUT2D eigenvalue weighted by Gasteiger charge is -2.18. The molecule has 4 rings (SSSR count). The summed E-state index contributed by atoms with van der Waals surface area (Å²) in [6.45, 7) is 3.19. The van der Waals surface area contributed by atoms with Crippen LogP contribution in [0.25, 0.3) is 0 Å². The molecule has 7 nitrogen and oxygen atoms in total. The van der Waals surface area contributed by atoms with Gasteiger partial charge in [-0.05, 0) is 43.7 Å². The van der Waals surface area contributed by atoms with Crippen molar-refractivity contribution in [1.29, 1.82) is 0 Å². The molecule has 1 amide bonds. The number of hydrogen-bond acceptors (Lipinski definition) is 5. The molecule has 1 unspecified atom stereocenters. The second kappa shape index (κ2) is 7.61. The van der Waals surface area contributed by atoms with Gasteiger partial charge in [0, 0.05) is 51.9 Å². The minimum atomic E-state index is 0.126. The molecule has 0 spiro atoms. The molecule has 0 bridgehead atoms. The molecule has 4 heterocycles. The van der Waals surface area contributed by atoms with Crippen molar-refractivity contribution >= 4 is 5.91 Å². The van der Waals surface area contributed by atoms with E-state index in [1.807, 2.05) is 34.8 Å². The highest BCUT2D eigenvalue weighted by atomic mass is 16.5. The van der Waals surface area contributed by atoms with Gasteiger partial charge in [0.1, 0.15) is 5.69 Å². The molecule has 0 saturated carbocycles. The van der Waals surface area contributed by atoms with Crippen molar-refractivity contribution < 1.29 is 14.1 Å². The SMILES string of the molecule is Cn1cccc1C(=O)N1CCC(CCc2noc(C3CCOCC3)n2)C1. The molecule has 2 aliphatic heterocycles. The summed E-state index contributed by atoms with van der Waals surface area (Å²) < 4.78 is 12.7. The summed E-state index contributed by atoms with van der Waals surface area (Å²) in [6, 6.07) is 3.79. The maximum Gasteiger partial charge on any atom is 0.270 e. The third kappa shape index (κ3) is 3.67. The summed E-state index contributed by atoms with van der Waals surface area (Å²) in [5.74, 6) is 2.52. The Balaban J connectivity index is 1.27. The highest BCUT2D eigenvalue weighted by molar-refractivity contribution is 5.92. The summed E-state index contributed by atoms with van der Waals surface area (Å²) in [4.78, 5) is 19.1. The normalized spacial score (nSPS) is 21.4. The van der Waals surface area contributed by atoms with E-state index in [2.05, 4.69) is 10.1 Å². The van der Waals surface area contributed by atoms with Crippen molar-refractivity contribution in [3.8, 4) is 0 Å². The molecule has 1 atom stereocenters. The van der Waals surface area contributed by atoms with E-state index in [4.69, 9.17) is 9.26 Å². The molecular formula is C19H26N4O3. The highest BCUT2D eigenvalue weighted by Crippen LogP contribution is 2.26. The van der Waals surface area contributed by atoms with Crippen LogP contribution in [-0.2, 0) is 18.2 Å². The van der Waals surface area contributed by atoms with Gasteiger partial charge in [-0.15, -0.1) is 0 Å². The Morgan fingerprint density at radius 2 is 2.15 bits per heavy atom. The highest BCUT2D eigenvalue weighted by Gasteiger charge is 2.28. The van der Waals surface area contributed by atoms with Crippen LogP contribution in [0.2, 0.25) is 0 Å². The lowest BCUT2D eigenvalue weighted by Crippen LogP contribution is -2.30. The second-order valence-corrected chi connectivity index (χ2v) is 7.38. The first-order valence-electron chi connectivity index (χ1n) is 9.51. The predicted octanol–water partition coefficient (Wildman–Crippen LogP) is 2.40. The predicted molar refractivity (Wildman–Crippen MR) is 94.8 cm³/mol. The van der Waals surface area contributed by atoms with Crippen LogP contribution in [0.4, 0.5) is 0 Å². The zero-order valence-corrected chi connectivity index (χ0v) is 15.3. The molecule has 26 heavy (non-hydrogen) atoms. The monoisotopic (exact) mass is 358 g/mol. The maximum absolute atomic E-state index is 12.6. The van der Waals surface area contributed by atoms with E-state index in [9.17, 15) is 4.79 Å². The molecular weight excluding hydrogens is 332 g/mol. The lowest BCUT2D eigenvalue weighted by molar-refractivity contribution is 0.0776. The number of aryl methyl sites for hydroxylation is 2. The second-order valence-electron chi connectivity index (χ2n) is 7.38. The van der Waals surface area contributed by atoms with E-state index in [0.717, 1.165) is 75.8 Å². The van der Waals surface area contributed by atoms with Crippen molar-refractivity contribution in [3.05, 3.63) is 35.7 Å². The number of amides is 1. The van der Waals surface area contributed by atoms with Crippen LogP contribution in [0, 0.1) is 5.92 Å². The Labute approximate surface area is 153 Å². The molecule has 2 aliphatic rings. The largest absolute Gasteiger partial charge is 0.381 e. The minimum absolute atomic E-state index is 0.126. The molecule has 140 valence electrons. The number of carbonyl (C=O) groups is 1. The average molecular weight is 358 g/mol. The summed E-state index contributed by atoms with van der Waals surface area (Å²) in [7, 11) is 1.91. The summed E-state index contributed by atoms with van der Waals surface area (Å²) in [6.07, 6.45) is 6.67. The first-order chi connectivity index (χ1) is 12.7. The number of carbonyl (C=O) groups excluding carboxylic acids is 1. The van der Waals surface area contributed by atoms with Gasteiger partial charge in [0.05, 0.1) is 0 Å². The van der Waals surface area contributed by atoms with Gasteiger partial charge in [-0.1, -0.05) is 5.16 Å². The molecule has 0 N–H and O–H groups in total. The maximum atomic E-state index is 12.6. The average Bonchev–Trinajstić information content (AvgIpc) is 3.41. The lowest BCUT2D eigenvalue weighted by atomic mass is 10.0. The summed E-state index contributed by atoms with van der Waals surface area (Å²) >= 11 is 0. The fourth-order valence-corrected chi connectivity index (χ4v) is 3.91. The van der Waals surface area contributed by atoms with E-state index in [-0.39, 0.29) is 5.91 Å². The molecule has 2 saturated heterocycles. The molecule has 2 aromatic rings. The smallest absolute Gasteiger partial charge is 0.270 e. The van der Waals surface area contributed by atoms with E-state index in [1.165, 1.54) is 0 Å². The number of rotatable bonds is 5. The van der Waals surface area contributed by atoms with E-state index < -0.39 is 0 Å². The Bertz CT molecular complexity index is 748. The molecule has 7 heteroatoms. The zero-order valence-electron chi connectivity index (χ0n) is 15.3. The van der Waals surface area contributed by atoms with Gasteiger partial charge in [-0.2, -0.15) is 4.98 Å². The Kier molecular flexibility index (Phi) is 5.06. The molecule has 0 radical (unpaired) electrons. The van der Waals surface area contributed by atoms with Crippen LogP contribution < -0.4 is 0 Å². The number of likely N-dealkylation sites (tertiary alicyclic amines) is 1. The molecule has 0 aliphatic carbocycles.